The molecule has 1 saturated heterocycles. The third-order valence-electron chi connectivity index (χ3n) is 5.64. The summed E-state index contributed by atoms with van der Waals surface area (Å²) in [5.74, 6) is 0.283. The van der Waals surface area contributed by atoms with E-state index >= 15 is 0 Å². The molecule has 160 valence electrons. The largest absolute Gasteiger partial charge is 0.497 e. The zero-order valence-corrected chi connectivity index (χ0v) is 17.6. The Kier molecular flexibility index (Phi) is 6.36. The minimum absolute atomic E-state index is 0.152. The molecule has 0 bridgehead atoms. The van der Waals surface area contributed by atoms with Crippen molar-refractivity contribution in [3.8, 4) is 5.75 Å². The highest BCUT2D eigenvalue weighted by Crippen LogP contribution is 2.21. The number of carbonyl (C=O) groups excluding carboxylic acids is 2. The Bertz CT molecular complexity index is 1050. The number of nitrogens with zero attached hydrogens (tertiary/aromatic N) is 2. The quantitative estimate of drug-likeness (QED) is 0.575. The molecular weight excluding hydrogens is 392 g/mol. The summed E-state index contributed by atoms with van der Waals surface area (Å²) in [5.41, 5.74) is 2.01. The van der Waals surface area contributed by atoms with Crippen LogP contribution in [-0.2, 0) is 20.7 Å². The molecule has 0 aromatic heterocycles. The molecule has 3 aromatic rings. The predicted octanol–water partition coefficient (Wildman–Crippen LogP) is 3.28. The Labute approximate surface area is 182 Å². The van der Waals surface area contributed by atoms with Crippen molar-refractivity contribution in [3.63, 3.8) is 0 Å². The number of methoxy groups -OCH3 is 1. The zero-order chi connectivity index (χ0) is 21.6. The molecule has 4 rings (SSSR count). The average molecular weight is 418 g/mol. The summed E-state index contributed by atoms with van der Waals surface area (Å²) in [7, 11) is 1.65. The molecule has 31 heavy (non-hydrogen) atoms. The molecule has 1 fully saturated rings. The van der Waals surface area contributed by atoms with Crippen LogP contribution in [-0.4, -0.2) is 56.7 Å². The Morgan fingerprint density at radius 1 is 0.871 bits per heavy atom. The third-order valence-corrected chi connectivity index (χ3v) is 5.64. The Hall–Kier alpha value is -3.54. The van der Waals surface area contributed by atoms with Crippen LogP contribution in [0.2, 0.25) is 0 Å². The maximum atomic E-state index is 12.5. The summed E-state index contributed by atoms with van der Waals surface area (Å²) in [4.78, 5) is 28.8. The maximum Gasteiger partial charge on any atom is 0.310 e. The highest BCUT2D eigenvalue weighted by Gasteiger charge is 2.22. The molecule has 0 atom stereocenters. The van der Waals surface area contributed by atoms with Crippen LogP contribution in [0.3, 0.4) is 0 Å². The summed E-state index contributed by atoms with van der Waals surface area (Å²) in [5, 5.41) is 2.11. The Morgan fingerprint density at radius 3 is 2.32 bits per heavy atom. The van der Waals surface area contributed by atoms with Crippen LogP contribution < -0.4 is 9.64 Å². The number of hydrogen-bond acceptors (Lipinski definition) is 5. The van der Waals surface area contributed by atoms with Gasteiger partial charge in [-0.25, -0.2) is 0 Å². The molecule has 1 heterocycles. The molecule has 0 N–H and O–H groups in total. The smallest absolute Gasteiger partial charge is 0.310 e. The van der Waals surface area contributed by atoms with E-state index in [-0.39, 0.29) is 24.9 Å². The van der Waals surface area contributed by atoms with Gasteiger partial charge in [-0.15, -0.1) is 0 Å². The van der Waals surface area contributed by atoms with E-state index < -0.39 is 0 Å². The van der Waals surface area contributed by atoms with Crippen molar-refractivity contribution in [2.45, 2.75) is 6.42 Å². The first-order valence-electron chi connectivity index (χ1n) is 10.4. The fraction of sp³-hybridized carbons (Fsp3) is 0.280. The highest BCUT2D eigenvalue weighted by molar-refractivity contribution is 5.89. The predicted molar refractivity (Wildman–Crippen MR) is 120 cm³/mol. The molecule has 1 amide bonds. The number of benzene rings is 3. The van der Waals surface area contributed by atoms with Gasteiger partial charge in [-0.05, 0) is 40.6 Å². The normalized spacial score (nSPS) is 13.8. The van der Waals surface area contributed by atoms with E-state index in [0.29, 0.717) is 13.1 Å². The van der Waals surface area contributed by atoms with Gasteiger partial charge in [0.25, 0.3) is 5.91 Å². The number of rotatable bonds is 6. The number of fused-ring (bicyclic) bond motifs is 1. The first-order chi connectivity index (χ1) is 15.1. The van der Waals surface area contributed by atoms with Gasteiger partial charge in [0.2, 0.25) is 0 Å². The van der Waals surface area contributed by atoms with Crippen molar-refractivity contribution < 1.29 is 19.1 Å². The summed E-state index contributed by atoms with van der Waals surface area (Å²) >= 11 is 0. The van der Waals surface area contributed by atoms with Crippen molar-refractivity contribution >= 4 is 28.3 Å². The van der Waals surface area contributed by atoms with E-state index in [4.69, 9.17) is 9.47 Å². The number of carbonyl (C=O) groups is 2. The van der Waals surface area contributed by atoms with Gasteiger partial charge in [0.05, 0.1) is 13.5 Å². The highest BCUT2D eigenvalue weighted by atomic mass is 16.5. The molecule has 3 aromatic carbocycles. The van der Waals surface area contributed by atoms with Crippen molar-refractivity contribution in [1.29, 1.82) is 0 Å². The van der Waals surface area contributed by atoms with Gasteiger partial charge >= 0.3 is 5.97 Å². The van der Waals surface area contributed by atoms with Gasteiger partial charge in [0, 0.05) is 31.9 Å². The van der Waals surface area contributed by atoms with Crippen LogP contribution in [0.5, 0.6) is 5.75 Å². The van der Waals surface area contributed by atoms with E-state index in [2.05, 4.69) is 4.90 Å². The van der Waals surface area contributed by atoms with Crippen LogP contribution in [0.15, 0.2) is 66.7 Å². The van der Waals surface area contributed by atoms with Crippen LogP contribution in [0, 0.1) is 0 Å². The molecule has 0 unspecified atom stereocenters. The van der Waals surface area contributed by atoms with Crippen LogP contribution in [0.25, 0.3) is 10.8 Å². The molecule has 1 aliphatic heterocycles. The molecule has 6 heteroatoms. The first kappa shape index (κ1) is 20.7. The van der Waals surface area contributed by atoms with E-state index in [0.717, 1.165) is 40.9 Å². The monoisotopic (exact) mass is 418 g/mol. The van der Waals surface area contributed by atoms with Gasteiger partial charge in [-0.1, -0.05) is 42.5 Å². The zero-order valence-electron chi connectivity index (χ0n) is 17.6. The maximum absolute atomic E-state index is 12.5. The van der Waals surface area contributed by atoms with E-state index in [1.165, 1.54) is 0 Å². The molecular formula is C25H26N2O4. The second-order valence-electron chi connectivity index (χ2n) is 7.54. The van der Waals surface area contributed by atoms with Gasteiger partial charge in [-0.3, -0.25) is 9.59 Å². The summed E-state index contributed by atoms with van der Waals surface area (Å²) in [6.07, 6.45) is 0.153. The number of amides is 1. The molecule has 1 aliphatic rings. The third kappa shape index (κ3) is 4.97. The average Bonchev–Trinajstić information content (AvgIpc) is 2.83. The van der Waals surface area contributed by atoms with Gasteiger partial charge < -0.3 is 19.3 Å². The van der Waals surface area contributed by atoms with Crippen molar-refractivity contribution in [2.24, 2.45) is 0 Å². The lowest BCUT2D eigenvalue weighted by Crippen LogP contribution is -2.49. The lowest BCUT2D eigenvalue weighted by Gasteiger charge is -2.36. The van der Waals surface area contributed by atoms with Crippen LogP contribution >= 0.6 is 0 Å². The number of esters is 1. The van der Waals surface area contributed by atoms with Crippen molar-refractivity contribution in [3.05, 3.63) is 72.3 Å². The van der Waals surface area contributed by atoms with Crippen LogP contribution in [0.4, 0.5) is 5.69 Å². The summed E-state index contributed by atoms with van der Waals surface area (Å²) < 4.78 is 10.5. The first-order valence-corrected chi connectivity index (χ1v) is 10.4. The molecule has 0 spiro atoms. The standard InChI is InChI=1S/C25H26N2O4/c1-30-22-11-9-21(10-12-22)26-13-15-27(16-14-26)24(28)18-31-25(29)17-20-7-4-6-19-5-2-3-8-23(19)20/h2-12H,13-18H2,1H3. The second-order valence-corrected chi connectivity index (χ2v) is 7.54. The number of ether oxygens (including phenoxy) is 2. The summed E-state index contributed by atoms with van der Waals surface area (Å²) in [6, 6.07) is 21.7. The van der Waals surface area contributed by atoms with Gasteiger partial charge in [-0.2, -0.15) is 0 Å². The number of anilines is 1. The minimum Gasteiger partial charge on any atom is -0.497 e. The SMILES string of the molecule is COc1ccc(N2CCN(C(=O)COC(=O)Cc3cccc4ccccc34)CC2)cc1. The lowest BCUT2D eigenvalue weighted by atomic mass is 10.0. The fourth-order valence-electron chi connectivity index (χ4n) is 3.89. The summed E-state index contributed by atoms with van der Waals surface area (Å²) in [6.45, 7) is 2.47. The Morgan fingerprint density at radius 2 is 1.58 bits per heavy atom. The molecule has 0 aliphatic carbocycles. The lowest BCUT2D eigenvalue weighted by molar-refractivity contribution is -0.151. The van der Waals surface area contributed by atoms with E-state index in [1.807, 2.05) is 66.7 Å². The van der Waals surface area contributed by atoms with Crippen molar-refractivity contribution in [1.82, 2.24) is 4.90 Å². The van der Waals surface area contributed by atoms with E-state index in [1.54, 1.807) is 12.0 Å². The van der Waals surface area contributed by atoms with Crippen molar-refractivity contribution in [2.75, 3.05) is 44.8 Å². The van der Waals surface area contributed by atoms with Crippen LogP contribution in [0.1, 0.15) is 5.56 Å². The fourth-order valence-corrected chi connectivity index (χ4v) is 3.89. The molecule has 0 radical (unpaired) electrons. The number of hydrogen-bond donors (Lipinski definition) is 0. The van der Waals surface area contributed by atoms with Gasteiger partial charge in [0.1, 0.15) is 5.75 Å². The topological polar surface area (TPSA) is 59.1 Å². The van der Waals surface area contributed by atoms with Gasteiger partial charge in [0.15, 0.2) is 6.61 Å². The number of piperazine rings is 1. The minimum atomic E-state index is -0.387. The molecule has 6 nitrogen and oxygen atoms in total. The molecule has 0 saturated carbocycles. The van der Waals surface area contributed by atoms with E-state index in [9.17, 15) is 9.59 Å². The second kappa shape index (κ2) is 9.51. The Balaban J connectivity index is 1.26.